The molecule has 0 fully saturated rings. The van der Waals surface area contributed by atoms with Crippen molar-refractivity contribution in [3.8, 4) is 0 Å². The molecule has 52 valence electrons. The van der Waals surface area contributed by atoms with Crippen LogP contribution in [0.15, 0.2) is 5.10 Å². The molecule has 0 aromatic carbocycles. The average molecular weight is 128 g/mol. The molecule has 0 amide bonds. The first-order valence-electron chi connectivity index (χ1n) is 2.80. The van der Waals surface area contributed by atoms with E-state index in [2.05, 4.69) is 10.5 Å². The maximum absolute atomic E-state index is 6.72. The first-order valence-corrected chi connectivity index (χ1v) is 2.80. The van der Waals surface area contributed by atoms with Crippen LogP contribution in [0.2, 0.25) is 0 Å². The van der Waals surface area contributed by atoms with Gasteiger partial charge in [-0.1, -0.05) is 6.92 Å². The summed E-state index contributed by atoms with van der Waals surface area (Å²) in [7, 11) is 0. The van der Waals surface area contributed by atoms with Crippen molar-refractivity contribution in [2.24, 2.45) is 10.8 Å². The number of hydrogen-bond acceptors (Lipinski definition) is 2. The molecular weight excluding hydrogens is 116 g/mol. The minimum Gasteiger partial charge on any atom is -0.369 e. The highest BCUT2D eigenvalue weighted by Gasteiger charge is 1.83. The summed E-state index contributed by atoms with van der Waals surface area (Å²) < 4.78 is 0. The largest absolute Gasteiger partial charge is 0.369 e. The van der Waals surface area contributed by atoms with Gasteiger partial charge in [0.2, 0.25) is 5.96 Å². The zero-order valence-electron chi connectivity index (χ0n) is 5.73. The smallest absolute Gasteiger partial charge is 0.206 e. The van der Waals surface area contributed by atoms with Crippen molar-refractivity contribution in [2.45, 2.75) is 20.3 Å². The van der Waals surface area contributed by atoms with Crippen LogP contribution in [0.1, 0.15) is 20.3 Å². The molecular formula is C5H12N4. The minimum atomic E-state index is -0.122. The molecule has 0 saturated carbocycles. The molecule has 9 heavy (non-hydrogen) atoms. The van der Waals surface area contributed by atoms with Crippen molar-refractivity contribution >= 4 is 11.7 Å². The fourth-order valence-electron chi connectivity index (χ4n) is 0.235. The van der Waals surface area contributed by atoms with Gasteiger partial charge in [0.15, 0.2) is 0 Å². The van der Waals surface area contributed by atoms with Crippen LogP contribution in [0.25, 0.3) is 0 Å². The molecule has 4 N–H and O–H groups in total. The van der Waals surface area contributed by atoms with Crippen molar-refractivity contribution in [3.63, 3.8) is 0 Å². The standard InChI is InChI=1S/C5H12N4/c1-3-4(2)8-9-5(6)7/h3H2,1-2H3,(H4,6,7,9)/b8-4-. The Morgan fingerprint density at radius 2 is 2.33 bits per heavy atom. The van der Waals surface area contributed by atoms with Gasteiger partial charge >= 0.3 is 0 Å². The van der Waals surface area contributed by atoms with Crippen molar-refractivity contribution in [1.82, 2.24) is 5.43 Å². The average Bonchev–Trinajstić information content (AvgIpc) is 1.83. The number of nitrogens with zero attached hydrogens (tertiary/aromatic N) is 1. The Morgan fingerprint density at radius 3 is 2.67 bits per heavy atom. The van der Waals surface area contributed by atoms with Crippen LogP contribution in [-0.2, 0) is 0 Å². The lowest BCUT2D eigenvalue weighted by Gasteiger charge is -1.95. The van der Waals surface area contributed by atoms with Gasteiger partial charge in [-0.15, -0.1) is 0 Å². The van der Waals surface area contributed by atoms with E-state index < -0.39 is 0 Å². The summed E-state index contributed by atoms with van der Waals surface area (Å²) in [6.45, 7) is 3.86. The van der Waals surface area contributed by atoms with Crippen molar-refractivity contribution in [2.75, 3.05) is 0 Å². The van der Waals surface area contributed by atoms with Crippen molar-refractivity contribution in [3.05, 3.63) is 0 Å². The molecule has 0 atom stereocenters. The maximum Gasteiger partial charge on any atom is 0.206 e. The monoisotopic (exact) mass is 128 g/mol. The first-order chi connectivity index (χ1) is 4.16. The minimum absolute atomic E-state index is 0.122. The van der Waals surface area contributed by atoms with Gasteiger partial charge in [-0.05, 0) is 13.3 Å². The second-order valence-corrected chi connectivity index (χ2v) is 1.73. The summed E-state index contributed by atoms with van der Waals surface area (Å²) >= 11 is 0. The predicted molar refractivity (Wildman–Crippen MR) is 38.4 cm³/mol. The molecule has 4 nitrogen and oxygen atoms in total. The van der Waals surface area contributed by atoms with Gasteiger partial charge in [-0.2, -0.15) is 5.10 Å². The van der Waals surface area contributed by atoms with Crippen molar-refractivity contribution in [1.29, 1.82) is 5.41 Å². The van der Waals surface area contributed by atoms with E-state index in [1.54, 1.807) is 0 Å². The summed E-state index contributed by atoms with van der Waals surface area (Å²) in [5.41, 5.74) is 8.24. The highest BCUT2D eigenvalue weighted by molar-refractivity contribution is 5.83. The second-order valence-electron chi connectivity index (χ2n) is 1.73. The van der Waals surface area contributed by atoms with E-state index in [4.69, 9.17) is 11.1 Å². The SMILES string of the molecule is CC/C(C)=N\NC(=N)N. The van der Waals surface area contributed by atoms with Crippen LogP contribution in [-0.4, -0.2) is 11.7 Å². The topological polar surface area (TPSA) is 74.3 Å². The Kier molecular flexibility index (Phi) is 3.43. The Balaban J connectivity index is 3.56. The van der Waals surface area contributed by atoms with Crippen LogP contribution in [0.3, 0.4) is 0 Å². The van der Waals surface area contributed by atoms with Gasteiger partial charge in [0.25, 0.3) is 0 Å². The molecule has 0 aliphatic rings. The second kappa shape index (κ2) is 3.88. The molecule has 0 radical (unpaired) electrons. The van der Waals surface area contributed by atoms with E-state index >= 15 is 0 Å². The fourth-order valence-corrected chi connectivity index (χ4v) is 0.235. The summed E-state index contributed by atoms with van der Waals surface area (Å²) in [5, 5.41) is 10.5. The molecule has 0 aliphatic carbocycles. The van der Waals surface area contributed by atoms with Gasteiger partial charge in [-0.25, -0.2) is 5.43 Å². The number of hydrazone groups is 1. The lowest BCUT2D eigenvalue weighted by Crippen LogP contribution is -2.26. The summed E-state index contributed by atoms with van der Waals surface area (Å²) in [5.74, 6) is -0.122. The van der Waals surface area contributed by atoms with Crippen LogP contribution in [0.5, 0.6) is 0 Å². The molecule has 0 aromatic rings. The molecule has 0 rings (SSSR count). The summed E-state index contributed by atoms with van der Waals surface area (Å²) in [6, 6.07) is 0. The number of rotatable bonds is 2. The molecule has 4 heteroatoms. The van der Waals surface area contributed by atoms with E-state index in [9.17, 15) is 0 Å². The highest BCUT2D eigenvalue weighted by atomic mass is 15.3. The quantitative estimate of drug-likeness (QED) is 0.283. The Hall–Kier alpha value is -1.06. The predicted octanol–water partition coefficient (Wildman–Crippen LogP) is 0.255. The van der Waals surface area contributed by atoms with Crippen LogP contribution < -0.4 is 11.2 Å². The van der Waals surface area contributed by atoms with Crippen LogP contribution in [0, 0.1) is 5.41 Å². The van der Waals surface area contributed by atoms with E-state index in [0.717, 1.165) is 12.1 Å². The molecule has 0 saturated heterocycles. The molecule has 0 aliphatic heterocycles. The van der Waals surface area contributed by atoms with E-state index in [-0.39, 0.29) is 5.96 Å². The Morgan fingerprint density at radius 1 is 1.78 bits per heavy atom. The van der Waals surface area contributed by atoms with E-state index in [1.165, 1.54) is 0 Å². The zero-order valence-corrected chi connectivity index (χ0v) is 5.73. The summed E-state index contributed by atoms with van der Waals surface area (Å²) in [4.78, 5) is 0. The Labute approximate surface area is 54.6 Å². The van der Waals surface area contributed by atoms with Gasteiger partial charge in [0.05, 0.1) is 0 Å². The van der Waals surface area contributed by atoms with Crippen molar-refractivity contribution < 1.29 is 0 Å². The fraction of sp³-hybridized carbons (Fsp3) is 0.600. The molecule has 0 bridgehead atoms. The number of guanidine groups is 1. The Bertz CT molecular complexity index is 127. The maximum atomic E-state index is 6.72. The molecule has 0 spiro atoms. The third-order valence-electron chi connectivity index (χ3n) is 0.879. The summed E-state index contributed by atoms with van der Waals surface area (Å²) in [6.07, 6.45) is 0.875. The highest BCUT2D eigenvalue weighted by Crippen LogP contribution is 1.79. The normalized spacial score (nSPS) is 11.1. The third kappa shape index (κ3) is 4.80. The molecule has 0 aromatic heterocycles. The van der Waals surface area contributed by atoms with Gasteiger partial charge in [-0.3, -0.25) is 5.41 Å². The number of hydrogen-bond donors (Lipinski definition) is 3. The number of nitrogens with two attached hydrogens (primary N) is 1. The zero-order chi connectivity index (χ0) is 7.28. The van der Waals surface area contributed by atoms with Gasteiger partial charge < -0.3 is 5.73 Å². The van der Waals surface area contributed by atoms with Gasteiger partial charge in [0.1, 0.15) is 0 Å². The van der Waals surface area contributed by atoms with Gasteiger partial charge in [0, 0.05) is 5.71 Å². The number of nitrogens with one attached hydrogen (secondary N) is 2. The molecule has 0 heterocycles. The van der Waals surface area contributed by atoms with E-state index in [0.29, 0.717) is 0 Å². The molecule has 0 unspecified atom stereocenters. The lowest BCUT2D eigenvalue weighted by molar-refractivity contribution is 0.977. The van der Waals surface area contributed by atoms with Crippen LogP contribution >= 0.6 is 0 Å². The first kappa shape index (κ1) is 7.94. The van der Waals surface area contributed by atoms with Crippen LogP contribution in [0.4, 0.5) is 0 Å². The lowest BCUT2D eigenvalue weighted by atomic mass is 10.3. The van der Waals surface area contributed by atoms with E-state index in [1.807, 2.05) is 13.8 Å². The third-order valence-corrected chi connectivity index (χ3v) is 0.879.